The van der Waals surface area contributed by atoms with Crippen LogP contribution in [0.5, 0.6) is 0 Å². The van der Waals surface area contributed by atoms with E-state index < -0.39 is 0 Å². The van der Waals surface area contributed by atoms with E-state index in [9.17, 15) is 0 Å². The van der Waals surface area contributed by atoms with E-state index in [4.69, 9.17) is 17.3 Å². The second-order valence-corrected chi connectivity index (χ2v) is 6.62. The minimum absolute atomic E-state index is 0.771. The van der Waals surface area contributed by atoms with Crippen LogP contribution in [0.2, 0.25) is 5.02 Å². The number of aromatic nitrogens is 2. The predicted octanol–water partition coefficient (Wildman–Crippen LogP) is 2.80. The fourth-order valence-electron chi connectivity index (χ4n) is 3.09. The van der Waals surface area contributed by atoms with Crippen LogP contribution >= 0.6 is 11.6 Å². The molecule has 6 heteroatoms. The van der Waals surface area contributed by atoms with Gasteiger partial charge in [0, 0.05) is 44.8 Å². The van der Waals surface area contributed by atoms with Crippen molar-refractivity contribution in [1.29, 1.82) is 0 Å². The number of nitrogens with zero attached hydrogens (tertiary/aromatic N) is 4. The van der Waals surface area contributed by atoms with Crippen LogP contribution in [0, 0.1) is 6.92 Å². The quantitative estimate of drug-likeness (QED) is 0.925. The molecule has 0 unspecified atom stereocenters. The van der Waals surface area contributed by atoms with E-state index in [1.54, 1.807) is 0 Å². The second kappa shape index (κ2) is 7.28. The molecule has 1 fully saturated rings. The van der Waals surface area contributed by atoms with Gasteiger partial charge in [0.05, 0.1) is 11.4 Å². The Labute approximate surface area is 148 Å². The van der Waals surface area contributed by atoms with Crippen LogP contribution in [-0.4, -0.2) is 47.4 Å². The van der Waals surface area contributed by atoms with E-state index in [0.29, 0.717) is 0 Å². The summed E-state index contributed by atoms with van der Waals surface area (Å²) >= 11 is 5.90. The minimum atomic E-state index is 0.771. The van der Waals surface area contributed by atoms with Crippen LogP contribution in [-0.2, 0) is 7.05 Å². The molecule has 0 aliphatic carbocycles. The van der Waals surface area contributed by atoms with Gasteiger partial charge in [-0.25, -0.2) is 0 Å². The molecule has 0 radical (unpaired) electrons. The highest BCUT2D eigenvalue weighted by Gasteiger charge is 2.21. The zero-order chi connectivity index (χ0) is 17.1. The van der Waals surface area contributed by atoms with Crippen LogP contribution in [0.3, 0.4) is 0 Å². The monoisotopic (exact) mass is 345 g/mol. The first kappa shape index (κ1) is 16.9. The number of hydrogen-bond acceptors (Lipinski definition) is 4. The van der Waals surface area contributed by atoms with Crippen molar-refractivity contribution < 1.29 is 0 Å². The van der Waals surface area contributed by atoms with Gasteiger partial charge in [-0.3, -0.25) is 9.58 Å². The number of hydrogen-bond donors (Lipinski definition) is 1. The Morgan fingerprint density at radius 1 is 1.17 bits per heavy atom. The Morgan fingerprint density at radius 2 is 1.83 bits per heavy atom. The molecule has 24 heavy (non-hydrogen) atoms. The summed E-state index contributed by atoms with van der Waals surface area (Å²) in [7, 11) is 1.96. The highest BCUT2D eigenvalue weighted by atomic mass is 35.5. The van der Waals surface area contributed by atoms with Gasteiger partial charge in [0.2, 0.25) is 0 Å². The Bertz CT molecular complexity index is 712. The summed E-state index contributed by atoms with van der Waals surface area (Å²) in [5.74, 6) is 1.05. The molecule has 128 valence electrons. The van der Waals surface area contributed by atoms with Crippen molar-refractivity contribution in [2.45, 2.75) is 6.92 Å². The molecular weight excluding hydrogens is 322 g/mol. The largest absolute Gasteiger partial charge is 0.394 e. The maximum Gasteiger partial charge on any atom is 0.150 e. The maximum absolute atomic E-state index is 6.16. The van der Waals surface area contributed by atoms with Gasteiger partial charge in [-0.1, -0.05) is 35.9 Å². The van der Waals surface area contributed by atoms with Crippen LogP contribution in [0.4, 0.5) is 11.5 Å². The molecule has 5 nitrogen and oxygen atoms in total. The number of anilines is 2. The van der Waals surface area contributed by atoms with E-state index in [1.807, 2.05) is 42.9 Å². The number of nitrogen functional groups attached to an aromatic ring is 1. The summed E-state index contributed by atoms with van der Waals surface area (Å²) in [6.07, 6.45) is 4.35. The van der Waals surface area contributed by atoms with Crippen LogP contribution < -0.4 is 10.6 Å². The lowest BCUT2D eigenvalue weighted by molar-refractivity contribution is 0.283. The van der Waals surface area contributed by atoms with Gasteiger partial charge in [-0.05, 0) is 24.6 Å². The van der Waals surface area contributed by atoms with Crippen LogP contribution in [0.15, 0.2) is 30.3 Å². The highest BCUT2D eigenvalue weighted by molar-refractivity contribution is 6.30. The molecule has 0 spiro atoms. The normalized spacial score (nSPS) is 16.2. The highest BCUT2D eigenvalue weighted by Crippen LogP contribution is 2.26. The first-order valence-corrected chi connectivity index (χ1v) is 8.61. The molecule has 2 aromatic rings. The maximum atomic E-state index is 6.16. The lowest BCUT2D eigenvalue weighted by atomic mass is 10.2. The molecule has 1 aromatic carbocycles. The molecule has 1 saturated heterocycles. The first-order chi connectivity index (χ1) is 11.5. The third-order valence-corrected chi connectivity index (χ3v) is 4.70. The van der Waals surface area contributed by atoms with Gasteiger partial charge in [-0.2, -0.15) is 5.10 Å². The topological polar surface area (TPSA) is 50.3 Å². The lowest BCUT2D eigenvalue weighted by Gasteiger charge is -2.35. The summed E-state index contributed by atoms with van der Waals surface area (Å²) in [5, 5.41) is 5.18. The summed E-state index contributed by atoms with van der Waals surface area (Å²) in [4.78, 5) is 4.77. The van der Waals surface area contributed by atoms with Crippen molar-refractivity contribution in [1.82, 2.24) is 14.7 Å². The van der Waals surface area contributed by atoms with Crippen molar-refractivity contribution in [3.63, 3.8) is 0 Å². The number of piperazine rings is 1. The number of rotatable bonds is 4. The van der Waals surface area contributed by atoms with Crippen LogP contribution in [0.1, 0.15) is 11.3 Å². The van der Waals surface area contributed by atoms with Gasteiger partial charge in [0.15, 0.2) is 0 Å². The zero-order valence-electron chi connectivity index (χ0n) is 14.2. The average Bonchev–Trinajstić information content (AvgIpc) is 2.83. The van der Waals surface area contributed by atoms with Crippen molar-refractivity contribution in [3.8, 4) is 0 Å². The molecule has 0 saturated carbocycles. The molecule has 0 amide bonds. The first-order valence-electron chi connectivity index (χ1n) is 8.23. The van der Waals surface area contributed by atoms with Crippen LogP contribution in [0.25, 0.3) is 6.08 Å². The van der Waals surface area contributed by atoms with E-state index in [1.165, 1.54) is 5.56 Å². The third kappa shape index (κ3) is 3.74. The molecular formula is C18H24ClN5. The second-order valence-electron chi connectivity index (χ2n) is 6.19. The van der Waals surface area contributed by atoms with Gasteiger partial charge in [-0.15, -0.1) is 0 Å². The standard InChI is InChI=1S/C18H24ClN5/c1-14-17(20)18(22(2)21-14)24-12-10-23(11-13-24)9-3-4-15-5-7-16(19)8-6-15/h3-8H,9-13,20H2,1-2H3/b4-3+. The number of aryl methyl sites for hydroxylation is 2. The van der Waals surface area contributed by atoms with Crippen molar-refractivity contribution in [2.75, 3.05) is 43.4 Å². The zero-order valence-corrected chi connectivity index (χ0v) is 15.0. The van der Waals surface area contributed by atoms with E-state index in [2.05, 4.69) is 27.1 Å². The number of halogens is 1. The molecule has 1 aliphatic heterocycles. The minimum Gasteiger partial charge on any atom is -0.394 e. The van der Waals surface area contributed by atoms with Gasteiger partial charge < -0.3 is 10.6 Å². The van der Waals surface area contributed by atoms with Crippen molar-refractivity contribution >= 4 is 29.2 Å². The van der Waals surface area contributed by atoms with E-state index >= 15 is 0 Å². The fraction of sp³-hybridized carbons (Fsp3) is 0.389. The molecule has 0 atom stereocenters. The van der Waals surface area contributed by atoms with Gasteiger partial charge in [0.25, 0.3) is 0 Å². The Balaban J connectivity index is 1.53. The molecule has 3 rings (SSSR count). The smallest absolute Gasteiger partial charge is 0.150 e. The molecule has 1 aromatic heterocycles. The molecule has 2 N–H and O–H groups in total. The summed E-state index contributed by atoms with van der Waals surface area (Å²) in [6.45, 7) is 6.90. The summed E-state index contributed by atoms with van der Waals surface area (Å²) in [6, 6.07) is 7.90. The lowest BCUT2D eigenvalue weighted by Crippen LogP contribution is -2.47. The summed E-state index contributed by atoms with van der Waals surface area (Å²) in [5.41, 5.74) is 9.05. The predicted molar refractivity (Wildman–Crippen MR) is 101 cm³/mol. The van der Waals surface area contributed by atoms with Crippen molar-refractivity contribution in [2.24, 2.45) is 7.05 Å². The average molecular weight is 346 g/mol. The third-order valence-electron chi connectivity index (χ3n) is 4.45. The van der Waals surface area contributed by atoms with Gasteiger partial charge in [0.1, 0.15) is 5.82 Å². The number of benzene rings is 1. The van der Waals surface area contributed by atoms with E-state index in [0.717, 1.165) is 54.9 Å². The fourth-order valence-corrected chi connectivity index (χ4v) is 3.22. The molecule has 1 aliphatic rings. The SMILES string of the molecule is Cc1nn(C)c(N2CCN(C/C=C/c3ccc(Cl)cc3)CC2)c1N. The van der Waals surface area contributed by atoms with Gasteiger partial charge >= 0.3 is 0 Å². The Hall–Kier alpha value is -1.98. The Morgan fingerprint density at radius 3 is 2.42 bits per heavy atom. The Kier molecular flexibility index (Phi) is 5.11. The summed E-state index contributed by atoms with van der Waals surface area (Å²) < 4.78 is 1.89. The van der Waals surface area contributed by atoms with E-state index in [-0.39, 0.29) is 0 Å². The molecule has 0 bridgehead atoms. The number of nitrogens with two attached hydrogens (primary N) is 1. The molecule has 2 heterocycles. The van der Waals surface area contributed by atoms with Crippen molar-refractivity contribution in [3.05, 3.63) is 46.6 Å².